The molecule has 1 aromatic carbocycles. The van der Waals surface area contributed by atoms with E-state index in [-0.39, 0.29) is 18.3 Å². The van der Waals surface area contributed by atoms with E-state index < -0.39 is 0 Å². The molecule has 1 saturated carbocycles. The summed E-state index contributed by atoms with van der Waals surface area (Å²) in [5.74, 6) is 0.879. The second kappa shape index (κ2) is 9.51. The highest BCUT2D eigenvalue weighted by molar-refractivity contribution is 6.31. The Morgan fingerprint density at radius 2 is 1.82 bits per heavy atom. The molecule has 0 radical (unpaired) electrons. The van der Waals surface area contributed by atoms with Gasteiger partial charge in [0.2, 0.25) is 0 Å². The van der Waals surface area contributed by atoms with E-state index in [4.69, 9.17) is 11.6 Å². The number of carbonyl (C=O) groups excluding carboxylic acids is 1. The number of piperazine rings is 1. The molecular formula is C22H31Cl2N3O. The van der Waals surface area contributed by atoms with Gasteiger partial charge in [0.15, 0.2) is 0 Å². The summed E-state index contributed by atoms with van der Waals surface area (Å²) < 4.78 is 2.28. The Morgan fingerprint density at radius 1 is 1.11 bits per heavy atom. The first kappa shape index (κ1) is 21.5. The summed E-state index contributed by atoms with van der Waals surface area (Å²) in [6.07, 6.45) is 8.70. The molecule has 0 N–H and O–H groups in total. The van der Waals surface area contributed by atoms with Crippen LogP contribution < -0.4 is 0 Å². The Hall–Kier alpha value is -1.23. The lowest BCUT2D eigenvalue weighted by molar-refractivity contribution is 0.0645. The maximum absolute atomic E-state index is 13.3. The number of benzene rings is 1. The molecule has 2 aliphatic rings. The molecule has 6 heteroatoms. The van der Waals surface area contributed by atoms with E-state index in [0.717, 1.165) is 60.8 Å². The Morgan fingerprint density at radius 3 is 2.50 bits per heavy atom. The third-order valence-electron chi connectivity index (χ3n) is 6.36. The van der Waals surface area contributed by atoms with E-state index in [0.29, 0.717) is 5.92 Å². The first-order chi connectivity index (χ1) is 13.2. The standard InChI is InChI=1S/C22H30ClN3O.ClH/c1-2-24-10-12-25(13-11-24)22(27)20-16-26(15-17-6-4-3-5-7-17)21-14-18(23)8-9-19(20)21;/h8-9,14,16-17H,2-7,10-13,15H2,1H3;1H. The molecule has 1 aromatic heterocycles. The lowest BCUT2D eigenvalue weighted by atomic mass is 9.89. The zero-order chi connectivity index (χ0) is 18.8. The van der Waals surface area contributed by atoms with Gasteiger partial charge in [0.25, 0.3) is 5.91 Å². The quantitative estimate of drug-likeness (QED) is 0.685. The van der Waals surface area contributed by atoms with Gasteiger partial charge in [0, 0.05) is 49.3 Å². The second-order valence-corrected chi connectivity index (χ2v) is 8.52. The fourth-order valence-electron chi connectivity index (χ4n) is 4.67. The van der Waals surface area contributed by atoms with Crippen molar-refractivity contribution in [3.05, 3.63) is 35.0 Å². The number of hydrogen-bond donors (Lipinski definition) is 0. The van der Waals surface area contributed by atoms with Crippen molar-refractivity contribution < 1.29 is 4.79 Å². The lowest BCUT2D eigenvalue weighted by Gasteiger charge is -2.34. The van der Waals surface area contributed by atoms with Crippen LogP contribution in [0.2, 0.25) is 5.02 Å². The van der Waals surface area contributed by atoms with Crippen molar-refractivity contribution in [1.82, 2.24) is 14.4 Å². The van der Waals surface area contributed by atoms with Crippen LogP contribution in [0.25, 0.3) is 10.9 Å². The van der Waals surface area contributed by atoms with Crippen LogP contribution in [0, 0.1) is 5.92 Å². The highest BCUT2D eigenvalue weighted by Gasteiger charge is 2.25. The molecule has 1 amide bonds. The summed E-state index contributed by atoms with van der Waals surface area (Å²) in [6.45, 7) is 7.80. The third kappa shape index (κ3) is 4.50. The Balaban J connectivity index is 0.00000225. The molecule has 0 atom stereocenters. The summed E-state index contributed by atoms with van der Waals surface area (Å²) in [4.78, 5) is 17.7. The summed E-state index contributed by atoms with van der Waals surface area (Å²) >= 11 is 6.29. The van der Waals surface area contributed by atoms with Crippen molar-refractivity contribution in [2.24, 2.45) is 5.92 Å². The molecule has 4 nitrogen and oxygen atoms in total. The van der Waals surface area contributed by atoms with Crippen molar-refractivity contribution in [3.8, 4) is 0 Å². The number of fused-ring (bicyclic) bond motifs is 1. The van der Waals surface area contributed by atoms with Crippen LogP contribution in [0.3, 0.4) is 0 Å². The second-order valence-electron chi connectivity index (χ2n) is 8.09. The van der Waals surface area contributed by atoms with Crippen LogP contribution in [0.15, 0.2) is 24.4 Å². The Labute approximate surface area is 179 Å². The van der Waals surface area contributed by atoms with Crippen molar-refractivity contribution in [3.63, 3.8) is 0 Å². The Kier molecular flexibility index (Phi) is 7.30. The summed E-state index contributed by atoms with van der Waals surface area (Å²) in [5.41, 5.74) is 1.94. The number of nitrogens with zero attached hydrogens (tertiary/aromatic N) is 3. The van der Waals surface area contributed by atoms with Crippen LogP contribution >= 0.6 is 24.0 Å². The van der Waals surface area contributed by atoms with Gasteiger partial charge in [-0.25, -0.2) is 0 Å². The molecule has 0 spiro atoms. The largest absolute Gasteiger partial charge is 0.346 e. The third-order valence-corrected chi connectivity index (χ3v) is 6.60. The van der Waals surface area contributed by atoms with E-state index in [1.165, 1.54) is 32.1 Å². The van der Waals surface area contributed by atoms with Gasteiger partial charge in [-0.1, -0.05) is 43.9 Å². The first-order valence-electron chi connectivity index (χ1n) is 10.5. The minimum Gasteiger partial charge on any atom is -0.346 e. The number of carbonyl (C=O) groups is 1. The zero-order valence-corrected chi connectivity index (χ0v) is 18.3. The molecule has 1 aliphatic heterocycles. The van der Waals surface area contributed by atoms with E-state index >= 15 is 0 Å². The van der Waals surface area contributed by atoms with Crippen LogP contribution in [-0.4, -0.2) is 53.0 Å². The van der Waals surface area contributed by atoms with Gasteiger partial charge in [-0.05, 0) is 37.4 Å². The van der Waals surface area contributed by atoms with Crippen molar-refractivity contribution in [2.75, 3.05) is 32.7 Å². The molecule has 154 valence electrons. The van der Waals surface area contributed by atoms with E-state index in [1.807, 2.05) is 23.1 Å². The van der Waals surface area contributed by atoms with Crippen LogP contribution in [0.1, 0.15) is 49.4 Å². The van der Waals surface area contributed by atoms with E-state index in [1.54, 1.807) is 0 Å². The molecule has 1 saturated heterocycles. The normalized spacial score (nSPS) is 19.0. The highest BCUT2D eigenvalue weighted by Crippen LogP contribution is 2.30. The van der Waals surface area contributed by atoms with E-state index in [9.17, 15) is 4.79 Å². The number of halogens is 2. The molecular weight excluding hydrogens is 393 g/mol. The molecule has 2 aromatic rings. The maximum atomic E-state index is 13.3. The van der Waals surface area contributed by atoms with Crippen LogP contribution in [0.4, 0.5) is 0 Å². The lowest BCUT2D eigenvalue weighted by Crippen LogP contribution is -2.48. The van der Waals surface area contributed by atoms with Gasteiger partial charge in [-0.3, -0.25) is 4.79 Å². The summed E-state index contributed by atoms with van der Waals surface area (Å²) in [5, 5.41) is 1.78. The first-order valence-corrected chi connectivity index (χ1v) is 10.8. The predicted molar refractivity (Wildman–Crippen MR) is 119 cm³/mol. The van der Waals surface area contributed by atoms with Crippen molar-refractivity contribution in [1.29, 1.82) is 0 Å². The van der Waals surface area contributed by atoms with E-state index in [2.05, 4.69) is 22.6 Å². The zero-order valence-electron chi connectivity index (χ0n) is 16.7. The summed E-state index contributed by atoms with van der Waals surface area (Å²) in [7, 11) is 0. The van der Waals surface area contributed by atoms with Gasteiger partial charge in [-0.15, -0.1) is 12.4 Å². The number of rotatable bonds is 4. The molecule has 2 heterocycles. The molecule has 28 heavy (non-hydrogen) atoms. The topological polar surface area (TPSA) is 28.5 Å². The fraction of sp³-hybridized carbons (Fsp3) is 0.591. The average molecular weight is 424 g/mol. The molecule has 1 aliphatic carbocycles. The number of likely N-dealkylation sites (N-methyl/N-ethyl adjacent to an activating group) is 1. The Bertz CT molecular complexity index is 805. The van der Waals surface area contributed by atoms with Crippen molar-refractivity contribution in [2.45, 2.75) is 45.6 Å². The number of hydrogen-bond acceptors (Lipinski definition) is 2. The number of amides is 1. The fourth-order valence-corrected chi connectivity index (χ4v) is 4.84. The van der Waals surface area contributed by atoms with Crippen molar-refractivity contribution >= 4 is 40.8 Å². The van der Waals surface area contributed by atoms with Gasteiger partial charge in [-0.2, -0.15) is 0 Å². The molecule has 0 unspecified atom stereocenters. The molecule has 2 fully saturated rings. The number of aromatic nitrogens is 1. The average Bonchev–Trinajstić information content (AvgIpc) is 3.06. The summed E-state index contributed by atoms with van der Waals surface area (Å²) in [6, 6.07) is 5.94. The minimum absolute atomic E-state index is 0. The highest BCUT2D eigenvalue weighted by atomic mass is 35.5. The van der Waals surface area contributed by atoms with Gasteiger partial charge < -0.3 is 14.4 Å². The van der Waals surface area contributed by atoms with Crippen LogP contribution in [-0.2, 0) is 6.54 Å². The minimum atomic E-state index is 0. The maximum Gasteiger partial charge on any atom is 0.256 e. The smallest absolute Gasteiger partial charge is 0.256 e. The van der Waals surface area contributed by atoms with Crippen LogP contribution in [0.5, 0.6) is 0 Å². The monoisotopic (exact) mass is 423 g/mol. The molecule has 4 rings (SSSR count). The SMILES string of the molecule is CCN1CCN(C(=O)c2cn(CC3CCCCC3)c3cc(Cl)ccc23)CC1.Cl. The predicted octanol–water partition coefficient (Wildman–Crippen LogP) is 5.07. The van der Waals surface area contributed by atoms with Gasteiger partial charge in [0.1, 0.15) is 0 Å². The van der Waals surface area contributed by atoms with Gasteiger partial charge >= 0.3 is 0 Å². The molecule has 0 bridgehead atoms. The van der Waals surface area contributed by atoms with Gasteiger partial charge in [0.05, 0.1) is 11.1 Å².